The Bertz CT molecular complexity index is 552. The molecular formula is C13H11ClN2S. The molecule has 0 amide bonds. The number of benzene rings is 1. The Hall–Kier alpha value is -1.37. The highest BCUT2D eigenvalue weighted by molar-refractivity contribution is 7.15. The molecule has 0 bridgehead atoms. The lowest BCUT2D eigenvalue weighted by atomic mass is 10.2. The van der Waals surface area contributed by atoms with Gasteiger partial charge in [0.1, 0.15) is 5.01 Å². The van der Waals surface area contributed by atoms with Gasteiger partial charge in [-0.05, 0) is 25.5 Å². The summed E-state index contributed by atoms with van der Waals surface area (Å²) < 4.78 is 0. The van der Waals surface area contributed by atoms with Crippen molar-refractivity contribution in [3.05, 3.63) is 39.9 Å². The first-order valence-corrected chi connectivity index (χ1v) is 6.49. The summed E-state index contributed by atoms with van der Waals surface area (Å²) in [5.74, 6) is 0. The molecule has 0 N–H and O–H groups in total. The predicted molar refractivity (Wildman–Crippen MR) is 71.2 cm³/mol. The third kappa shape index (κ3) is 2.85. The maximum atomic E-state index is 8.59. The summed E-state index contributed by atoms with van der Waals surface area (Å²) in [5.41, 5.74) is 2.10. The number of nitrogens with zero attached hydrogens (tertiary/aromatic N) is 2. The largest absolute Gasteiger partial charge is 0.241 e. The summed E-state index contributed by atoms with van der Waals surface area (Å²) in [5, 5.41) is 10.3. The van der Waals surface area contributed by atoms with Gasteiger partial charge >= 0.3 is 0 Å². The van der Waals surface area contributed by atoms with E-state index < -0.39 is 0 Å². The van der Waals surface area contributed by atoms with Crippen molar-refractivity contribution in [2.45, 2.75) is 19.8 Å². The van der Waals surface area contributed by atoms with Gasteiger partial charge < -0.3 is 0 Å². The first-order valence-electron chi connectivity index (χ1n) is 5.30. The Balaban J connectivity index is 2.28. The molecule has 0 aliphatic rings. The highest BCUT2D eigenvalue weighted by Gasteiger charge is 2.08. The zero-order valence-corrected chi connectivity index (χ0v) is 11.0. The van der Waals surface area contributed by atoms with Crippen LogP contribution in [0, 0.1) is 18.3 Å². The number of halogens is 1. The lowest BCUT2D eigenvalue weighted by Crippen LogP contribution is -1.82. The minimum absolute atomic E-state index is 0.545. The molecule has 17 heavy (non-hydrogen) atoms. The van der Waals surface area contributed by atoms with Crippen molar-refractivity contribution in [2.24, 2.45) is 0 Å². The van der Waals surface area contributed by atoms with Crippen LogP contribution in [0.4, 0.5) is 0 Å². The van der Waals surface area contributed by atoms with Crippen molar-refractivity contribution < 1.29 is 0 Å². The fraction of sp³-hybridized carbons (Fsp3) is 0.231. The zero-order valence-electron chi connectivity index (χ0n) is 9.40. The molecule has 1 aromatic carbocycles. The van der Waals surface area contributed by atoms with E-state index in [0.29, 0.717) is 6.42 Å². The zero-order chi connectivity index (χ0) is 12.3. The molecule has 0 atom stereocenters. The van der Waals surface area contributed by atoms with Gasteiger partial charge in [0.25, 0.3) is 0 Å². The molecule has 2 rings (SSSR count). The molecule has 0 saturated carbocycles. The fourth-order valence-electron chi connectivity index (χ4n) is 1.55. The van der Waals surface area contributed by atoms with E-state index in [0.717, 1.165) is 27.7 Å². The molecule has 0 fully saturated rings. The second-order valence-corrected chi connectivity index (χ2v) is 5.21. The van der Waals surface area contributed by atoms with Crippen LogP contribution in [0.3, 0.4) is 0 Å². The van der Waals surface area contributed by atoms with Gasteiger partial charge in [-0.15, -0.1) is 11.3 Å². The predicted octanol–water partition coefficient (Wildman–Crippen LogP) is 4.23. The van der Waals surface area contributed by atoms with Gasteiger partial charge in [-0.25, -0.2) is 4.98 Å². The van der Waals surface area contributed by atoms with Gasteiger partial charge in [-0.1, -0.05) is 23.7 Å². The van der Waals surface area contributed by atoms with Crippen molar-refractivity contribution in [1.82, 2.24) is 4.98 Å². The number of hydrogen-bond donors (Lipinski definition) is 0. The highest BCUT2D eigenvalue weighted by atomic mass is 35.5. The molecule has 1 heterocycles. The summed E-state index contributed by atoms with van der Waals surface area (Å²) in [6.45, 7) is 1.99. The topological polar surface area (TPSA) is 36.7 Å². The van der Waals surface area contributed by atoms with E-state index in [9.17, 15) is 0 Å². The Kier molecular flexibility index (Phi) is 3.78. The molecule has 86 valence electrons. The monoisotopic (exact) mass is 262 g/mol. The quantitative estimate of drug-likeness (QED) is 0.830. The third-order valence-corrected chi connectivity index (χ3v) is 3.97. The molecule has 0 unspecified atom stereocenters. The van der Waals surface area contributed by atoms with Crippen LogP contribution in [0.2, 0.25) is 5.02 Å². The van der Waals surface area contributed by atoms with Crippen molar-refractivity contribution in [2.75, 3.05) is 0 Å². The summed E-state index contributed by atoms with van der Waals surface area (Å²) >= 11 is 7.50. The minimum atomic E-state index is 0.545. The van der Waals surface area contributed by atoms with Crippen LogP contribution in [0.15, 0.2) is 24.3 Å². The fourth-order valence-corrected chi connectivity index (χ4v) is 2.74. The number of thiazole rings is 1. The molecular weight excluding hydrogens is 252 g/mol. The second kappa shape index (κ2) is 5.31. The lowest BCUT2D eigenvalue weighted by molar-refractivity contribution is 1.01. The minimum Gasteiger partial charge on any atom is -0.241 e. The second-order valence-electron chi connectivity index (χ2n) is 3.69. The average molecular weight is 263 g/mol. The van der Waals surface area contributed by atoms with Crippen LogP contribution in [0.5, 0.6) is 0 Å². The van der Waals surface area contributed by atoms with Gasteiger partial charge in [0.05, 0.1) is 11.8 Å². The SMILES string of the molecule is Cc1nc(-c2ccc(Cl)cc2)sc1CCC#N. The van der Waals surface area contributed by atoms with Crippen molar-refractivity contribution >= 4 is 22.9 Å². The summed E-state index contributed by atoms with van der Waals surface area (Å²) in [6.07, 6.45) is 1.33. The first-order chi connectivity index (χ1) is 8.20. The molecule has 0 aliphatic carbocycles. The average Bonchev–Trinajstić information content (AvgIpc) is 2.69. The van der Waals surface area contributed by atoms with Crippen molar-refractivity contribution in [1.29, 1.82) is 5.26 Å². The van der Waals surface area contributed by atoms with Crippen LogP contribution in [-0.4, -0.2) is 4.98 Å². The van der Waals surface area contributed by atoms with Gasteiger partial charge in [-0.3, -0.25) is 0 Å². The number of aromatic nitrogens is 1. The van der Waals surface area contributed by atoms with Crippen LogP contribution in [-0.2, 0) is 6.42 Å². The van der Waals surface area contributed by atoms with Gasteiger partial charge in [0.2, 0.25) is 0 Å². The van der Waals surface area contributed by atoms with Crippen LogP contribution < -0.4 is 0 Å². The van der Waals surface area contributed by atoms with Crippen molar-refractivity contribution in [3.63, 3.8) is 0 Å². The normalized spacial score (nSPS) is 10.2. The van der Waals surface area contributed by atoms with E-state index in [4.69, 9.17) is 16.9 Å². The van der Waals surface area contributed by atoms with E-state index in [1.165, 1.54) is 4.88 Å². The van der Waals surface area contributed by atoms with E-state index in [1.54, 1.807) is 11.3 Å². The molecule has 1 aromatic heterocycles. The Morgan fingerprint density at radius 2 is 2.06 bits per heavy atom. The van der Waals surface area contributed by atoms with Gasteiger partial charge in [-0.2, -0.15) is 5.26 Å². The Morgan fingerprint density at radius 1 is 1.35 bits per heavy atom. The standard InChI is InChI=1S/C13H11ClN2S/c1-9-12(3-2-8-15)17-13(16-9)10-4-6-11(14)7-5-10/h4-7H,2-3H2,1H3. The lowest BCUT2D eigenvalue weighted by Gasteiger charge is -1.95. The van der Waals surface area contributed by atoms with Crippen molar-refractivity contribution in [3.8, 4) is 16.6 Å². The number of hydrogen-bond acceptors (Lipinski definition) is 3. The Morgan fingerprint density at radius 3 is 2.71 bits per heavy atom. The molecule has 0 radical (unpaired) electrons. The van der Waals surface area contributed by atoms with Crippen LogP contribution in [0.1, 0.15) is 17.0 Å². The van der Waals surface area contributed by atoms with Crippen LogP contribution >= 0.6 is 22.9 Å². The van der Waals surface area contributed by atoms with Crippen LogP contribution in [0.25, 0.3) is 10.6 Å². The Labute approximate surface area is 110 Å². The summed E-state index contributed by atoms with van der Waals surface area (Å²) in [7, 11) is 0. The number of aryl methyl sites for hydroxylation is 2. The molecule has 4 heteroatoms. The third-order valence-electron chi connectivity index (χ3n) is 2.45. The maximum Gasteiger partial charge on any atom is 0.123 e. The first kappa shape index (κ1) is 12.1. The molecule has 0 saturated heterocycles. The molecule has 0 aliphatic heterocycles. The maximum absolute atomic E-state index is 8.59. The van der Waals surface area contributed by atoms with E-state index in [2.05, 4.69) is 11.1 Å². The van der Waals surface area contributed by atoms with E-state index in [1.807, 2.05) is 31.2 Å². The molecule has 2 nitrogen and oxygen atoms in total. The summed E-state index contributed by atoms with van der Waals surface area (Å²) in [6, 6.07) is 9.82. The molecule has 2 aromatic rings. The van der Waals surface area contributed by atoms with Gasteiger partial charge in [0.15, 0.2) is 0 Å². The number of nitriles is 1. The highest BCUT2D eigenvalue weighted by Crippen LogP contribution is 2.29. The van der Waals surface area contributed by atoms with E-state index in [-0.39, 0.29) is 0 Å². The smallest absolute Gasteiger partial charge is 0.123 e. The number of rotatable bonds is 3. The molecule has 0 spiro atoms. The van der Waals surface area contributed by atoms with E-state index >= 15 is 0 Å². The van der Waals surface area contributed by atoms with Gasteiger partial charge in [0, 0.05) is 21.9 Å². The summed E-state index contributed by atoms with van der Waals surface area (Å²) in [4.78, 5) is 5.72.